The Morgan fingerprint density at radius 1 is 1.38 bits per heavy atom. The molecule has 0 radical (unpaired) electrons. The molecule has 0 saturated heterocycles. The third kappa shape index (κ3) is 3.89. The molecule has 1 aromatic heterocycles. The summed E-state index contributed by atoms with van der Waals surface area (Å²) in [6, 6.07) is 4.89. The Morgan fingerprint density at radius 3 is 2.62 bits per heavy atom. The normalized spacial score (nSPS) is 12.9. The number of benzene rings is 1. The molecule has 2 rings (SSSR count). The van der Waals surface area contributed by atoms with E-state index in [1.807, 2.05) is 6.92 Å². The number of hydrogen-bond donors (Lipinski definition) is 2. The van der Waals surface area contributed by atoms with E-state index in [0.29, 0.717) is 5.69 Å². The lowest BCUT2D eigenvalue weighted by molar-refractivity contribution is -0.135. The third-order valence-electron chi connectivity index (χ3n) is 2.80. The zero-order valence-electron chi connectivity index (χ0n) is 11.3. The molecule has 8 heteroatoms. The molecule has 0 aliphatic carbocycles. The van der Waals surface area contributed by atoms with Gasteiger partial charge in [-0.05, 0) is 19.1 Å². The van der Waals surface area contributed by atoms with Crippen molar-refractivity contribution < 1.29 is 17.4 Å². The lowest BCUT2D eigenvalue weighted by Gasteiger charge is -2.10. The van der Waals surface area contributed by atoms with Crippen LogP contribution in [0.3, 0.4) is 0 Å². The highest BCUT2D eigenvalue weighted by Crippen LogP contribution is 2.14. The van der Waals surface area contributed by atoms with E-state index < -0.39 is 22.1 Å². The first-order valence-electron chi connectivity index (χ1n) is 6.16. The van der Waals surface area contributed by atoms with Crippen LogP contribution in [0.5, 0.6) is 0 Å². The molecule has 0 fully saturated rings. The summed E-state index contributed by atoms with van der Waals surface area (Å²) in [5, 5.41) is 0. The molecule has 0 aliphatic rings. The fourth-order valence-corrected chi connectivity index (χ4v) is 2.55. The zero-order chi connectivity index (χ0) is 15.5. The van der Waals surface area contributed by atoms with Gasteiger partial charge in [0.1, 0.15) is 10.9 Å². The summed E-state index contributed by atoms with van der Waals surface area (Å²) in [5.41, 5.74) is 7.15. The minimum absolute atomic E-state index is 0.0878. The second-order valence-electron chi connectivity index (χ2n) is 4.56. The van der Waals surface area contributed by atoms with Gasteiger partial charge in [-0.15, -0.1) is 0 Å². The third-order valence-corrected chi connectivity index (χ3v) is 4.03. The van der Waals surface area contributed by atoms with Gasteiger partial charge in [-0.3, -0.25) is 0 Å². The van der Waals surface area contributed by atoms with E-state index in [-0.39, 0.29) is 11.3 Å². The summed E-state index contributed by atoms with van der Waals surface area (Å²) in [6.45, 7) is 1.82. The standard InChI is InChI=1S/C13H15N3O4S/c1-9-2-4-11(5-3-9)21(18,19)20-13(17)12(14)6-10-7-15-8-16-10/h2-5,7-8,12H,6,14H2,1H3,(H,15,16)/t12-/m0/s1. The summed E-state index contributed by atoms with van der Waals surface area (Å²) in [5.74, 6) is -1.01. The first kappa shape index (κ1) is 15.2. The van der Waals surface area contributed by atoms with E-state index in [1.54, 1.807) is 12.1 Å². The van der Waals surface area contributed by atoms with E-state index >= 15 is 0 Å². The molecule has 0 bridgehead atoms. The number of aryl methyl sites for hydroxylation is 1. The van der Waals surface area contributed by atoms with Gasteiger partial charge in [0.25, 0.3) is 0 Å². The fourth-order valence-electron chi connectivity index (χ4n) is 1.64. The maximum Gasteiger partial charge on any atom is 0.341 e. The average molecular weight is 309 g/mol. The van der Waals surface area contributed by atoms with Crippen LogP contribution in [0.2, 0.25) is 0 Å². The molecule has 0 unspecified atom stereocenters. The van der Waals surface area contributed by atoms with Crippen molar-refractivity contribution in [2.45, 2.75) is 24.3 Å². The number of rotatable bonds is 5. The van der Waals surface area contributed by atoms with Gasteiger partial charge in [-0.25, -0.2) is 9.78 Å². The number of aromatic nitrogens is 2. The number of H-pyrrole nitrogens is 1. The second-order valence-corrected chi connectivity index (χ2v) is 6.10. The van der Waals surface area contributed by atoms with Crippen LogP contribution in [0.4, 0.5) is 0 Å². The highest BCUT2D eigenvalue weighted by molar-refractivity contribution is 7.87. The molecule has 0 amide bonds. The van der Waals surface area contributed by atoms with Crippen molar-refractivity contribution in [2.75, 3.05) is 0 Å². The Morgan fingerprint density at radius 2 is 2.05 bits per heavy atom. The van der Waals surface area contributed by atoms with E-state index in [1.165, 1.54) is 24.7 Å². The van der Waals surface area contributed by atoms with E-state index in [9.17, 15) is 13.2 Å². The molecule has 0 spiro atoms. The van der Waals surface area contributed by atoms with Crippen molar-refractivity contribution in [3.8, 4) is 0 Å². The number of nitrogens with zero attached hydrogens (tertiary/aromatic N) is 1. The quantitative estimate of drug-likeness (QED) is 0.778. The Bertz CT molecular complexity index is 708. The minimum atomic E-state index is -4.16. The second kappa shape index (κ2) is 6.06. The van der Waals surface area contributed by atoms with Crippen molar-refractivity contribution >= 4 is 16.1 Å². The molecule has 0 aliphatic heterocycles. The van der Waals surface area contributed by atoms with Crippen LogP contribution in [0, 0.1) is 6.92 Å². The minimum Gasteiger partial charge on any atom is -0.348 e. The van der Waals surface area contributed by atoms with E-state index in [0.717, 1.165) is 5.56 Å². The summed E-state index contributed by atoms with van der Waals surface area (Å²) in [7, 11) is -4.16. The fraction of sp³-hybridized carbons (Fsp3) is 0.231. The first-order chi connectivity index (χ1) is 9.88. The number of imidazole rings is 1. The molecule has 21 heavy (non-hydrogen) atoms. The lowest BCUT2D eigenvalue weighted by atomic mass is 10.2. The van der Waals surface area contributed by atoms with Crippen molar-refractivity contribution in [3.05, 3.63) is 48.0 Å². The van der Waals surface area contributed by atoms with Crippen LogP contribution in [0.1, 0.15) is 11.3 Å². The van der Waals surface area contributed by atoms with Gasteiger partial charge in [-0.2, -0.15) is 8.42 Å². The van der Waals surface area contributed by atoms with Crippen LogP contribution in [0.15, 0.2) is 41.7 Å². The van der Waals surface area contributed by atoms with Crippen molar-refractivity contribution in [3.63, 3.8) is 0 Å². The Kier molecular flexibility index (Phi) is 4.39. The van der Waals surface area contributed by atoms with Gasteiger partial charge in [0.05, 0.1) is 6.33 Å². The Hall–Kier alpha value is -2.19. The average Bonchev–Trinajstić information content (AvgIpc) is 2.91. The van der Waals surface area contributed by atoms with Crippen LogP contribution >= 0.6 is 0 Å². The molecule has 2 aromatic rings. The van der Waals surface area contributed by atoms with Gasteiger partial charge >= 0.3 is 16.1 Å². The number of nitrogens with two attached hydrogens (primary N) is 1. The molecule has 0 saturated carbocycles. The predicted octanol–water partition coefficient (Wildman–Crippen LogP) is 0.520. The monoisotopic (exact) mass is 309 g/mol. The van der Waals surface area contributed by atoms with Gasteiger partial charge in [0.15, 0.2) is 0 Å². The molecule has 1 aromatic carbocycles. The molecule has 112 valence electrons. The molecule has 7 nitrogen and oxygen atoms in total. The van der Waals surface area contributed by atoms with E-state index in [4.69, 9.17) is 5.73 Å². The van der Waals surface area contributed by atoms with Crippen molar-refractivity contribution in [1.82, 2.24) is 9.97 Å². The van der Waals surface area contributed by atoms with Gasteiger partial charge in [0, 0.05) is 18.3 Å². The maximum absolute atomic E-state index is 11.9. The Balaban J connectivity index is 2.05. The molecular weight excluding hydrogens is 294 g/mol. The number of hydrogen-bond acceptors (Lipinski definition) is 6. The van der Waals surface area contributed by atoms with Crippen molar-refractivity contribution in [1.29, 1.82) is 0 Å². The summed E-state index contributed by atoms with van der Waals surface area (Å²) < 4.78 is 28.4. The van der Waals surface area contributed by atoms with Crippen LogP contribution < -0.4 is 5.73 Å². The largest absolute Gasteiger partial charge is 0.348 e. The summed E-state index contributed by atoms with van der Waals surface area (Å²) >= 11 is 0. The predicted molar refractivity (Wildman–Crippen MR) is 74.7 cm³/mol. The number of aromatic amines is 1. The SMILES string of the molecule is Cc1ccc(S(=O)(=O)OC(=O)[C@@H](N)Cc2cnc[nH]2)cc1. The van der Waals surface area contributed by atoms with Gasteiger partial charge in [-0.1, -0.05) is 17.7 Å². The summed E-state index contributed by atoms with van der Waals surface area (Å²) in [4.78, 5) is 18.2. The zero-order valence-corrected chi connectivity index (χ0v) is 12.1. The number of nitrogens with one attached hydrogen (secondary N) is 1. The summed E-state index contributed by atoms with van der Waals surface area (Å²) in [6.07, 6.45) is 3.06. The topological polar surface area (TPSA) is 115 Å². The molecular formula is C13H15N3O4S. The molecule has 1 atom stereocenters. The Labute approximate surface area is 122 Å². The molecule has 1 heterocycles. The molecule has 3 N–H and O–H groups in total. The van der Waals surface area contributed by atoms with Gasteiger partial charge in [0.2, 0.25) is 0 Å². The highest BCUT2D eigenvalue weighted by atomic mass is 32.2. The van der Waals surface area contributed by atoms with E-state index in [2.05, 4.69) is 14.2 Å². The first-order valence-corrected chi connectivity index (χ1v) is 7.57. The van der Waals surface area contributed by atoms with Crippen LogP contribution in [-0.2, 0) is 25.5 Å². The number of carbonyl (C=O) groups is 1. The maximum atomic E-state index is 11.9. The highest BCUT2D eigenvalue weighted by Gasteiger charge is 2.25. The lowest BCUT2D eigenvalue weighted by Crippen LogP contribution is -2.35. The van der Waals surface area contributed by atoms with Crippen molar-refractivity contribution in [2.24, 2.45) is 5.73 Å². The van der Waals surface area contributed by atoms with Gasteiger partial charge < -0.3 is 14.9 Å². The number of carbonyl (C=O) groups excluding carboxylic acids is 1. The van der Waals surface area contributed by atoms with Crippen LogP contribution in [-0.4, -0.2) is 30.4 Å². The smallest absolute Gasteiger partial charge is 0.341 e. The van der Waals surface area contributed by atoms with Crippen LogP contribution in [0.25, 0.3) is 0 Å².